The number of sulfone groups is 1. The first-order valence-corrected chi connectivity index (χ1v) is 11.6. The molecule has 0 unspecified atom stereocenters. The fourth-order valence-electron chi connectivity index (χ4n) is 2.89. The Balaban J connectivity index is 0.00000341. The molecule has 2 aromatic carbocycles. The molecule has 1 heterocycles. The number of nitrogens with one attached hydrogen (secondary N) is 2. The van der Waals surface area contributed by atoms with Gasteiger partial charge in [-0.25, -0.2) is 13.4 Å². The van der Waals surface area contributed by atoms with Crippen LogP contribution in [0.5, 0.6) is 0 Å². The molecule has 1 aromatic heterocycles. The zero-order chi connectivity index (χ0) is 21.4. The van der Waals surface area contributed by atoms with E-state index in [4.69, 9.17) is 0 Å². The molecule has 31 heavy (non-hydrogen) atoms. The standard InChI is InChI=1S/C21H26N6O2S.HI/c1-3-22-21(23-14-13-17-9-11-19(12-10-17)30(2,28)29)24-15-20-26-25-16-27(20)18-7-5-4-6-8-18;/h4-12,16H,3,13-15H2,1-2H3,(H2,22,23,24);1H. The highest BCUT2D eigenvalue weighted by Gasteiger charge is 2.08. The van der Waals surface area contributed by atoms with E-state index >= 15 is 0 Å². The van der Waals surface area contributed by atoms with Gasteiger partial charge in [0.25, 0.3) is 0 Å². The number of nitrogens with zero attached hydrogens (tertiary/aromatic N) is 4. The van der Waals surface area contributed by atoms with E-state index in [1.54, 1.807) is 18.5 Å². The molecule has 3 aromatic rings. The molecule has 166 valence electrons. The molecular formula is C21H27IN6O2S. The highest BCUT2D eigenvalue weighted by Crippen LogP contribution is 2.11. The van der Waals surface area contributed by atoms with Crippen LogP contribution in [0.15, 0.2) is 70.8 Å². The van der Waals surface area contributed by atoms with E-state index in [9.17, 15) is 8.42 Å². The summed E-state index contributed by atoms with van der Waals surface area (Å²) in [5.41, 5.74) is 2.04. The number of benzene rings is 2. The Hall–Kier alpha value is -2.47. The molecule has 2 N–H and O–H groups in total. The topological polar surface area (TPSA) is 101 Å². The number of guanidine groups is 1. The second kappa shape index (κ2) is 11.8. The van der Waals surface area contributed by atoms with Crippen LogP contribution < -0.4 is 10.6 Å². The summed E-state index contributed by atoms with van der Waals surface area (Å²) in [7, 11) is -3.17. The van der Waals surface area contributed by atoms with E-state index in [2.05, 4.69) is 25.8 Å². The minimum atomic E-state index is -3.17. The van der Waals surface area contributed by atoms with Crippen molar-refractivity contribution in [2.75, 3.05) is 19.3 Å². The second-order valence-corrected chi connectivity index (χ2v) is 8.76. The molecule has 10 heteroatoms. The molecule has 0 radical (unpaired) electrons. The highest BCUT2D eigenvalue weighted by atomic mass is 127. The lowest BCUT2D eigenvalue weighted by molar-refractivity contribution is 0.602. The van der Waals surface area contributed by atoms with Gasteiger partial charge in [0.15, 0.2) is 21.6 Å². The summed E-state index contributed by atoms with van der Waals surface area (Å²) in [6.07, 6.45) is 3.64. The van der Waals surface area contributed by atoms with Crippen LogP contribution in [0.25, 0.3) is 5.69 Å². The Labute approximate surface area is 200 Å². The lowest BCUT2D eigenvalue weighted by atomic mass is 10.1. The van der Waals surface area contributed by atoms with Gasteiger partial charge in [-0.05, 0) is 43.2 Å². The number of para-hydroxylation sites is 1. The molecule has 8 nitrogen and oxygen atoms in total. The average molecular weight is 554 g/mol. The maximum atomic E-state index is 11.6. The van der Waals surface area contributed by atoms with Crippen molar-refractivity contribution in [1.82, 2.24) is 25.4 Å². The molecule has 3 rings (SSSR count). The number of hydrogen-bond acceptors (Lipinski definition) is 5. The van der Waals surface area contributed by atoms with E-state index in [0.717, 1.165) is 30.0 Å². The maximum absolute atomic E-state index is 11.6. The van der Waals surface area contributed by atoms with E-state index in [1.807, 2.05) is 54.0 Å². The fraction of sp³-hybridized carbons (Fsp3) is 0.286. The van der Waals surface area contributed by atoms with Crippen LogP contribution >= 0.6 is 24.0 Å². The summed E-state index contributed by atoms with van der Waals surface area (Å²) in [6, 6.07) is 16.8. The number of aromatic nitrogens is 3. The Morgan fingerprint density at radius 3 is 2.42 bits per heavy atom. The molecule has 0 fully saturated rings. The third-order valence-corrected chi connectivity index (χ3v) is 5.56. The van der Waals surface area contributed by atoms with Crippen LogP contribution in [-0.4, -0.2) is 48.5 Å². The van der Waals surface area contributed by atoms with Gasteiger partial charge < -0.3 is 10.6 Å². The van der Waals surface area contributed by atoms with E-state index in [-0.39, 0.29) is 24.0 Å². The normalized spacial score (nSPS) is 11.6. The quantitative estimate of drug-likeness (QED) is 0.252. The van der Waals surface area contributed by atoms with Crippen LogP contribution in [0.1, 0.15) is 18.3 Å². The van der Waals surface area contributed by atoms with E-state index in [0.29, 0.717) is 23.9 Å². The molecular weight excluding hydrogens is 527 g/mol. The highest BCUT2D eigenvalue weighted by molar-refractivity contribution is 14.0. The van der Waals surface area contributed by atoms with Crippen LogP contribution in [0, 0.1) is 0 Å². The minimum absolute atomic E-state index is 0. The van der Waals surface area contributed by atoms with Crippen molar-refractivity contribution in [3.05, 3.63) is 72.3 Å². The first-order chi connectivity index (χ1) is 14.5. The predicted octanol–water partition coefficient (Wildman–Crippen LogP) is 2.59. The van der Waals surface area contributed by atoms with E-state index in [1.165, 1.54) is 6.26 Å². The average Bonchev–Trinajstić information content (AvgIpc) is 3.21. The van der Waals surface area contributed by atoms with Crippen molar-refractivity contribution < 1.29 is 8.42 Å². The summed E-state index contributed by atoms with van der Waals surface area (Å²) in [4.78, 5) is 4.94. The third-order valence-electron chi connectivity index (χ3n) is 4.43. The Kier molecular flexibility index (Phi) is 9.44. The second-order valence-electron chi connectivity index (χ2n) is 6.74. The lowest BCUT2D eigenvalue weighted by Gasteiger charge is -2.12. The maximum Gasteiger partial charge on any atom is 0.191 e. The number of halogens is 1. The molecule has 0 bridgehead atoms. The van der Waals surface area contributed by atoms with Gasteiger partial charge in [-0.15, -0.1) is 34.2 Å². The molecule has 0 amide bonds. The summed E-state index contributed by atoms with van der Waals surface area (Å²) in [5, 5.41) is 14.7. The van der Waals surface area contributed by atoms with Gasteiger partial charge in [-0.1, -0.05) is 30.3 Å². The van der Waals surface area contributed by atoms with Gasteiger partial charge in [-0.3, -0.25) is 4.57 Å². The van der Waals surface area contributed by atoms with E-state index < -0.39 is 9.84 Å². The molecule has 0 saturated heterocycles. The van der Waals surface area contributed by atoms with Crippen molar-refractivity contribution in [2.24, 2.45) is 4.99 Å². The van der Waals surface area contributed by atoms with Crippen molar-refractivity contribution in [3.63, 3.8) is 0 Å². The Bertz CT molecular complexity index is 1080. The first kappa shape index (κ1) is 24.8. The predicted molar refractivity (Wildman–Crippen MR) is 133 cm³/mol. The van der Waals surface area contributed by atoms with Crippen molar-refractivity contribution in [2.45, 2.75) is 24.8 Å². The Morgan fingerprint density at radius 2 is 1.77 bits per heavy atom. The third kappa shape index (κ3) is 7.31. The number of aliphatic imine (C=N–C) groups is 1. The van der Waals surface area contributed by atoms with Crippen molar-refractivity contribution in [3.8, 4) is 5.69 Å². The zero-order valence-electron chi connectivity index (χ0n) is 17.5. The van der Waals surface area contributed by atoms with Crippen LogP contribution in [-0.2, 0) is 22.8 Å². The first-order valence-electron chi connectivity index (χ1n) is 9.73. The molecule has 0 atom stereocenters. The summed E-state index contributed by atoms with van der Waals surface area (Å²) in [5.74, 6) is 1.43. The SMILES string of the molecule is CCNC(=NCc1nncn1-c1ccccc1)NCCc1ccc(S(C)(=O)=O)cc1.I. The largest absolute Gasteiger partial charge is 0.357 e. The van der Waals surface area contributed by atoms with Crippen LogP contribution in [0.2, 0.25) is 0 Å². The molecule has 0 aliphatic heterocycles. The molecule has 0 saturated carbocycles. The monoisotopic (exact) mass is 554 g/mol. The van der Waals surface area contributed by atoms with Gasteiger partial charge in [0.1, 0.15) is 12.9 Å². The van der Waals surface area contributed by atoms with Gasteiger partial charge in [0.2, 0.25) is 0 Å². The van der Waals surface area contributed by atoms with Crippen LogP contribution in [0.3, 0.4) is 0 Å². The summed E-state index contributed by atoms with van der Waals surface area (Å²) >= 11 is 0. The van der Waals surface area contributed by atoms with Crippen LogP contribution in [0.4, 0.5) is 0 Å². The fourth-order valence-corrected chi connectivity index (χ4v) is 3.52. The summed E-state index contributed by atoms with van der Waals surface area (Å²) < 4.78 is 25.0. The minimum Gasteiger partial charge on any atom is -0.357 e. The summed E-state index contributed by atoms with van der Waals surface area (Å²) in [6.45, 7) is 3.79. The molecule has 0 spiro atoms. The lowest BCUT2D eigenvalue weighted by Crippen LogP contribution is -2.38. The zero-order valence-corrected chi connectivity index (χ0v) is 20.7. The number of hydrogen-bond donors (Lipinski definition) is 2. The van der Waals surface area contributed by atoms with Gasteiger partial charge >= 0.3 is 0 Å². The molecule has 0 aliphatic carbocycles. The van der Waals surface area contributed by atoms with Gasteiger partial charge in [0, 0.05) is 25.0 Å². The molecule has 0 aliphatic rings. The van der Waals surface area contributed by atoms with Crippen molar-refractivity contribution >= 4 is 39.8 Å². The van der Waals surface area contributed by atoms with Gasteiger partial charge in [-0.2, -0.15) is 0 Å². The smallest absolute Gasteiger partial charge is 0.191 e. The number of rotatable bonds is 8. The van der Waals surface area contributed by atoms with Crippen molar-refractivity contribution in [1.29, 1.82) is 0 Å². The Morgan fingerprint density at radius 1 is 1.06 bits per heavy atom. The van der Waals surface area contributed by atoms with Gasteiger partial charge in [0.05, 0.1) is 4.90 Å².